The molecule has 0 saturated carbocycles. The Morgan fingerprint density at radius 3 is 2.03 bits per heavy atom. The first-order valence-electron chi connectivity index (χ1n) is 12.1. The van der Waals surface area contributed by atoms with E-state index in [0.717, 1.165) is 27.8 Å². The van der Waals surface area contributed by atoms with Crippen molar-refractivity contribution in [2.24, 2.45) is 11.5 Å². The van der Waals surface area contributed by atoms with Crippen molar-refractivity contribution in [2.45, 2.75) is 43.4 Å². The van der Waals surface area contributed by atoms with Gasteiger partial charge in [0.15, 0.2) is 0 Å². The Kier molecular flexibility index (Phi) is 8.01. The smallest absolute Gasteiger partial charge is 0.337 e. The largest absolute Gasteiger partial charge is 0.479 e. The molecular weight excluding hydrogens is 472 g/mol. The molecule has 0 amide bonds. The minimum Gasteiger partial charge on any atom is -0.479 e. The minimum absolute atomic E-state index is 0.0373. The summed E-state index contributed by atoms with van der Waals surface area (Å²) in [4.78, 5) is 37.1. The van der Waals surface area contributed by atoms with Crippen molar-refractivity contribution < 1.29 is 29.0 Å². The summed E-state index contributed by atoms with van der Waals surface area (Å²) in [5, 5.41) is 9.75. The second-order valence-corrected chi connectivity index (χ2v) is 9.19. The molecule has 0 spiro atoms. The Balaban J connectivity index is 1.33. The molecule has 0 heterocycles. The van der Waals surface area contributed by atoms with E-state index in [0.29, 0.717) is 0 Å². The summed E-state index contributed by atoms with van der Waals surface area (Å²) >= 11 is 0. The van der Waals surface area contributed by atoms with Crippen LogP contribution in [0.25, 0.3) is 11.1 Å². The van der Waals surface area contributed by atoms with Gasteiger partial charge in [-0.1, -0.05) is 78.9 Å². The summed E-state index contributed by atoms with van der Waals surface area (Å²) in [6, 6.07) is 23.9. The maximum atomic E-state index is 12.9. The SMILES string of the molecule is NC(CCC[C@](N)(C(=O)O)C(=O)OCC1c2ccccc2-c2ccccc21)C(=O)OCc1ccccc1. The quantitative estimate of drug-likeness (QED) is 0.268. The van der Waals surface area contributed by atoms with Crippen LogP contribution in [0.5, 0.6) is 0 Å². The first-order chi connectivity index (χ1) is 17.8. The number of carboxylic acids is 1. The van der Waals surface area contributed by atoms with Gasteiger partial charge in [0.05, 0.1) is 0 Å². The van der Waals surface area contributed by atoms with Crippen LogP contribution in [0.2, 0.25) is 0 Å². The van der Waals surface area contributed by atoms with Crippen LogP contribution in [0.1, 0.15) is 41.9 Å². The molecule has 3 aromatic rings. The number of carboxylic acid groups (broad SMARTS) is 1. The Morgan fingerprint density at radius 2 is 1.43 bits per heavy atom. The third-order valence-corrected chi connectivity index (χ3v) is 6.70. The molecule has 5 N–H and O–H groups in total. The second kappa shape index (κ2) is 11.4. The van der Waals surface area contributed by atoms with Crippen molar-refractivity contribution in [2.75, 3.05) is 6.61 Å². The van der Waals surface area contributed by atoms with Crippen LogP contribution in [0.4, 0.5) is 0 Å². The lowest BCUT2D eigenvalue weighted by Crippen LogP contribution is -2.56. The molecule has 4 rings (SSSR count). The monoisotopic (exact) mass is 502 g/mol. The number of carbonyl (C=O) groups excluding carboxylic acids is 2. The van der Waals surface area contributed by atoms with Crippen LogP contribution in [-0.2, 0) is 30.5 Å². The number of rotatable bonds is 11. The summed E-state index contributed by atoms with van der Waals surface area (Å²) in [6.45, 7) is 0.0491. The van der Waals surface area contributed by atoms with Crippen LogP contribution in [0, 0.1) is 0 Å². The van der Waals surface area contributed by atoms with Gasteiger partial charge in [0.25, 0.3) is 0 Å². The van der Waals surface area contributed by atoms with Gasteiger partial charge < -0.3 is 26.0 Å². The average molecular weight is 503 g/mol. The molecular formula is C29H30N2O6. The highest BCUT2D eigenvalue weighted by Gasteiger charge is 2.44. The van der Waals surface area contributed by atoms with Crippen molar-refractivity contribution in [3.05, 3.63) is 95.6 Å². The third kappa shape index (κ3) is 5.71. The van der Waals surface area contributed by atoms with Gasteiger partial charge in [-0.2, -0.15) is 0 Å². The van der Waals surface area contributed by atoms with Crippen LogP contribution < -0.4 is 11.5 Å². The molecule has 3 aromatic carbocycles. The van der Waals surface area contributed by atoms with Gasteiger partial charge in [0, 0.05) is 5.92 Å². The molecule has 2 atom stereocenters. The van der Waals surface area contributed by atoms with Gasteiger partial charge in [0.1, 0.15) is 19.3 Å². The molecule has 1 unspecified atom stereocenters. The van der Waals surface area contributed by atoms with Crippen LogP contribution in [0.3, 0.4) is 0 Å². The molecule has 0 radical (unpaired) electrons. The van der Waals surface area contributed by atoms with E-state index in [1.165, 1.54) is 0 Å². The summed E-state index contributed by atoms with van der Waals surface area (Å²) < 4.78 is 10.7. The fraction of sp³-hybridized carbons (Fsp3) is 0.276. The highest BCUT2D eigenvalue weighted by atomic mass is 16.5. The predicted molar refractivity (Wildman–Crippen MR) is 137 cm³/mol. The lowest BCUT2D eigenvalue weighted by Gasteiger charge is -2.24. The molecule has 0 saturated heterocycles. The molecule has 0 fully saturated rings. The highest BCUT2D eigenvalue weighted by Crippen LogP contribution is 2.44. The average Bonchev–Trinajstić information content (AvgIpc) is 3.24. The maximum absolute atomic E-state index is 12.9. The number of aliphatic carboxylic acids is 1. The number of hydrogen-bond donors (Lipinski definition) is 3. The van der Waals surface area contributed by atoms with E-state index >= 15 is 0 Å². The molecule has 8 nitrogen and oxygen atoms in total. The van der Waals surface area contributed by atoms with Crippen LogP contribution in [-0.4, -0.2) is 41.2 Å². The van der Waals surface area contributed by atoms with Gasteiger partial charge >= 0.3 is 17.9 Å². The first-order valence-corrected chi connectivity index (χ1v) is 12.1. The molecule has 37 heavy (non-hydrogen) atoms. The van der Waals surface area contributed by atoms with Crippen molar-refractivity contribution >= 4 is 17.9 Å². The standard InChI is InChI=1S/C29H30N2O6/c30-25(26(32)36-17-19-9-2-1-3-10-19)15-8-16-29(31,27(33)34)28(35)37-18-24-22-13-6-4-11-20(22)21-12-5-7-14-23(21)24/h1-7,9-14,24-25H,8,15-18,30-31H2,(H,33,34)/t25?,29-/m0/s1. The predicted octanol–water partition coefficient (Wildman–Crippen LogP) is 3.37. The van der Waals surface area contributed by atoms with Crippen molar-refractivity contribution in [3.8, 4) is 11.1 Å². The summed E-state index contributed by atoms with van der Waals surface area (Å²) in [5.41, 5.74) is 14.6. The first kappa shape index (κ1) is 26.1. The topological polar surface area (TPSA) is 142 Å². The number of nitrogens with two attached hydrogens (primary N) is 2. The Hall–Kier alpha value is -4.01. The van der Waals surface area contributed by atoms with Crippen molar-refractivity contribution in [1.82, 2.24) is 0 Å². The number of carbonyl (C=O) groups is 3. The normalized spacial score (nSPS) is 14.6. The van der Waals surface area contributed by atoms with Gasteiger partial charge in [-0.25, -0.2) is 9.59 Å². The lowest BCUT2D eigenvalue weighted by molar-refractivity contribution is -0.161. The van der Waals surface area contributed by atoms with E-state index in [-0.39, 0.29) is 38.4 Å². The highest BCUT2D eigenvalue weighted by molar-refractivity contribution is 6.03. The molecule has 192 valence electrons. The van der Waals surface area contributed by atoms with E-state index in [2.05, 4.69) is 0 Å². The number of fused-ring (bicyclic) bond motifs is 3. The van der Waals surface area contributed by atoms with Gasteiger partial charge in [-0.3, -0.25) is 4.79 Å². The summed E-state index contributed by atoms with van der Waals surface area (Å²) in [5.74, 6) is -3.35. The zero-order valence-corrected chi connectivity index (χ0v) is 20.3. The third-order valence-electron chi connectivity index (χ3n) is 6.70. The van der Waals surface area contributed by atoms with E-state index in [4.69, 9.17) is 20.9 Å². The number of esters is 2. The molecule has 0 aromatic heterocycles. The molecule has 1 aliphatic carbocycles. The Labute approximate surface area is 215 Å². The van der Waals surface area contributed by atoms with Crippen LogP contribution in [0.15, 0.2) is 78.9 Å². The zero-order valence-electron chi connectivity index (χ0n) is 20.3. The number of benzene rings is 3. The van der Waals surface area contributed by atoms with Crippen molar-refractivity contribution in [1.29, 1.82) is 0 Å². The van der Waals surface area contributed by atoms with E-state index < -0.39 is 29.5 Å². The van der Waals surface area contributed by atoms with Gasteiger partial charge in [-0.15, -0.1) is 0 Å². The van der Waals surface area contributed by atoms with E-state index in [9.17, 15) is 19.5 Å². The van der Waals surface area contributed by atoms with E-state index in [1.54, 1.807) is 0 Å². The molecule has 0 aliphatic heterocycles. The van der Waals surface area contributed by atoms with Gasteiger partial charge in [-0.05, 0) is 47.1 Å². The summed E-state index contributed by atoms with van der Waals surface area (Å²) in [6.07, 6.45) is -0.0101. The Bertz CT molecular complexity index is 1230. The molecule has 8 heteroatoms. The van der Waals surface area contributed by atoms with Gasteiger partial charge in [0.2, 0.25) is 5.54 Å². The lowest BCUT2D eigenvalue weighted by atomic mass is 9.92. The van der Waals surface area contributed by atoms with Crippen LogP contribution >= 0.6 is 0 Å². The summed E-state index contributed by atoms with van der Waals surface area (Å²) in [7, 11) is 0. The fourth-order valence-electron chi connectivity index (χ4n) is 4.58. The second-order valence-electron chi connectivity index (χ2n) is 9.19. The maximum Gasteiger partial charge on any atom is 0.337 e. The van der Waals surface area contributed by atoms with Crippen molar-refractivity contribution in [3.63, 3.8) is 0 Å². The molecule has 1 aliphatic rings. The van der Waals surface area contributed by atoms with E-state index in [1.807, 2.05) is 78.9 Å². The Morgan fingerprint density at radius 1 is 0.865 bits per heavy atom. The number of hydrogen-bond acceptors (Lipinski definition) is 7. The number of ether oxygens (including phenoxy) is 2. The molecule has 0 bridgehead atoms. The fourth-order valence-corrected chi connectivity index (χ4v) is 4.58. The zero-order chi connectivity index (χ0) is 26.4. The minimum atomic E-state index is -2.26.